The number of hydrogen-bond donors (Lipinski definition) is 1. The third-order valence-corrected chi connectivity index (χ3v) is 6.11. The maximum absolute atomic E-state index is 12.3. The van der Waals surface area contributed by atoms with Gasteiger partial charge in [-0.15, -0.1) is 11.3 Å². The second-order valence-electron chi connectivity index (χ2n) is 6.41. The first-order chi connectivity index (χ1) is 14.0. The van der Waals surface area contributed by atoms with Gasteiger partial charge < -0.3 is 10.1 Å². The number of aryl methyl sites for hydroxylation is 1. The Bertz CT molecular complexity index is 1170. The molecule has 2 heterocycles. The summed E-state index contributed by atoms with van der Waals surface area (Å²) in [7, 11) is 1.64. The van der Waals surface area contributed by atoms with Crippen LogP contribution in [0.1, 0.15) is 12.1 Å². The third-order valence-electron chi connectivity index (χ3n) is 4.48. The van der Waals surface area contributed by atoms with Crippen molar-refractivity contribution >= 4 is 51.1 Å². The van der Waals surface area contributed by atoms with Gasteiger partial charge in [-0.1, -0.05) is 23.2 Å². The molecule has 8 heteroatoms. The second kappa shape index (κ2) is 8.45. The Kier molecular flexibility index (Phi) is 5.76. The fourth-order valence-electron chi connectivity index (χ4n) is 2.95. The summed E-state index contributed by atoms with van der Waals surface area (Å²) in [6.07, 6.45) is 2.95. The van der Waals surface area contributed by atoms with Crippen LogP contribution < -0.4 is 10.1 Å². The Balaban J connectivity index is 1.44. The van der Waals surface area contributed by atoms with Crippen molar-refractivity contribution in [1.82, 2.24) is 9.38 Å². The van der Waals surface area contributed by atoms with Crippen molar-refractivity contribution < 1.29 is 9.53 Å². The number of nitrogens with zero attached hydrogens (tertiary/aromatic N) is 2. The highest BCUT2D eigenvalue weighted by atomic mass is 35.5. The molecule has 0 aliphatic rings. The van der Waals surface area contributed by atoms with Crippen LogP contribution in [0.4, 0.5) is 5.69 Å². The molecule has 2 aromatic heterocycles. The van der Waals surface area contributed by atoms with E-state index in [1.54, 1.807) is 36.6 Å². The molecule has 0 atom stereocenters. The van der Waals surface area contributed by atoms with E-state index < -0.39 is 0 Å². The lowest BCUT2D eigenvalue weighted by molar-refractivity contribution is -0.116. The minimum atomic E-state index is -0.0850. The molecule has 0 saturated carbocycles. The molecule has 5 nitrogen and oxygen atoms in total. The third kappa shape index (κ3) is 4.40. The largest absolute Gasteiger partial charge is 0.497 e. The standard InChI is InChI=1S/C21H17Cl2N3O2S/c1-28-16-6-2-13(3-7-16)19-11-26-15(12-29-21(26)25-19)5-9-20(27)24-14-4-8-17(22)18(23)10-14/h2-4,6-8,10-12H,5,9H2,1H3,(H,24,27). The van der Waals surface area contributed by atoms with Crippen molar-refractivity contribution in [2.45, 2.75) is 12.8 Å². The van der Waals surface area contributed by atoms with E-state index >= 15 is 0 Å². The fraction of sp³-hybridized carbons (Fsp3) is 0.143. The maximum atomic E-state index is 12.3. The zero-order chi connectivity index (χ0) is 20.4. The summed E-state index contributed by atoms with van der Waals surface area (Å²) in [5.41, 5.74) is 3.58. The minimum absolute atomic E-state index is 0.0850. The highest BCUT2D eigenvalue weighted by Crippen LogP contribution is 2.27. The molecule has 148 valence electrons. The van der Waals surface area contributed by atoms with Gasteiger partial charge in [0.25, 0.3) is 0 Å². The number of ether oxygens (including phenoxy) is 1. The summed E-state index contributed by atoms with van der Waals surface area (Å²) >= 11 is 13.5. The lowest BCUT2D eigenvalue weighted by atomic mass is 10.1. The Morgan fingerprint density at radius 2 is 1.97 bits per heavy atom. The molecule has 0 radical (unpaired) electrons. The fourth-order valence-corrected chi connectivity index (χ4v) is 4.15. The van der Waals surface area contributed by atoms with Crippen molar-refractivity contribution in [3.63, 3.8) is 0 Å². The average molecular weight is 446 g/mol. The van der Waals surface area contributed by atoms with Crippen LogP contribution in [0.15, 0.2) is 54.0 Å². The van der Waals surface area contributed by atoms with Gasteiger partial charge in [0.2, 0.25) is 5.91 Å². The number of hydrogen-bond acceptors (Lipinski definition) is 4. The lowest BCUT2D eigenvalue weighted by Gasteiger charge is -2.06. The van der Waals surface area contributed by atoms with Gasteiger partial charge in [-0.05, 0) is 48.9 Å². The van der Waals surface area contributed by atoms with Crippen molar-refractivity contribution in [2.24, 2.45) is 0 Å². The van der Waals surface area contributed by atoms with Crippen LogP contribution in [0.5, 0.6) is 5.75 Å². The van der Waals surface area contributed by atoms with Crippen LogP contribution in [0.2, 0.25) is 10.0 Å². The van der Waals surface area contributed by atoms with Gasteiger partial charge in [0.1, 0.15) is 5.75 Å². The molecule has 4 aromatic rings. The van der Waals surface area contributed by atoms with E-state index in [-0.39, 0.29) is 5.91 Å². The number of imidazole rings is 1. The Hall–Kier alpha value is -2.54. The molecule has 1 N–H and O–H groups in total. The molecule has 0 bridgehead atoms. The van der Waals surface area contributed by atoms with Crippen LogP contribution in [-0.4, -0.2) is 22.4 Å². The molecule has 1 amide bonds. The number of halogens is 2. The highest BCUT2D eigenvalue weighted by molar-refractivity contribution is 7.15. The topological polar surface area (TPSA) is 55.6 Å². The number of aromatic nitrogens is 2. The molecular formula is C21H17Cl2N3O2S. The minimum Gasteiger partial charge on any atom is -0.497 e. The summed E-state index contributed by atoms with van der Waals surface area (Å²) in [5, 5.41) is 5.75. The Morgan fingerprint density at radius 1 is 1.17 bits per heavy atom. The Labute approximate surface area is 181 Å². The van der Waals surface area contributed by atoms with Crippen molar-refractivity contribution in [2.75, 3.05) is 12.4 Å². The molecule has 0 unspecified atom stereocenters. The van der Waals surface area contributed by atoms with Gasteiger partial charge in [-0.2, -0.15) is 0 Å². The number of methoxy groups -OCH3 is 1. The van der Waals surface area contributed by atoms with Crippen LogP contribution in [0, 0.1) is 0 Å². The first-order valence-corrected chi connectivity index (χ1v) is 10.5. The van der Waals surface area contributed by atoms with Gasteiger partial charge in [0.05, 0.1) is 22.8 Å². The summed E-state index contributed by atoms with van der Waals surface area (Å²) in [6.45, 7) is 0. The zero-order valence-electron chi connectivity index (χ0n) is 15.5. The van der Waals surface area contributed by atoms with Gasteiger partial charge in [0, 0.05) is 34.9 Å². The number of benzene rings is 2. The molecule has 29 heavy (non-hydrogen) atoms. The average Bonchev–Trinajstić information content (AvgIpc) is 3.30. The first kappa shape index (κ1) is 19.8. The number of carbonyl (C=O) groups excluding carboxylic acids is 1. The molecule has 0 saturated heterocycles. The number of fused-ring (bicyclic) bond motifs is 1. The maximum Gasteiger partial charge on any atom is 0.224 e. The zero-order valence-corrected chi connectivity index (χ0v) is 17.8. The quantitative estimate of drug-likeness (QED) is 0.398. The predicted molar refractivity (Wildman–Crippen MR) is 118 cm³/mol. The van der Waals surface area contributed by atoms with E-state index in [9.17, 15) is 4.79 Å². The van der Waals surface area contributed by atoms with Crippen LogP contribution in [-0.2, 0) is 11.2 Å². The SMILES string of the molecule is COc1ccc(-c2cn3c(CCC(=O)Nc4ccc(Cl)c(Cl)c4)csc3n2)cc1. The number of thiazole rings is 1. The summed E-state index contributed by atoms with van der Waals surface area (Å²) in [5.74, 6) is 0.724. The number of amides is 1. The normalized spacial score (nSPS) is 11.0. The van der Waals surface area contributed by atoms with E-state index in [1.165, 1.54) is 0 Å². The van der Waals surface area contributed by atoms with Gasteiger partial charge in [-0.25, -0.2) is 4.98 Å². The van der Waals surface area contributed by atoms with Crippen LogP contribution >= 0.6 is 34.5 Å². The molecule has 0 aliphatic heterocycles. The number of rotatable bonds is 6. The molecule has 0 spiro atoms. The van der Waals surface area contributed by atoms with Gasteiger partial charge >= 0.3 is 0 Å². The number of carbonyl (C=O) groups is 1. The van der Waals surface area contributed by atoms with Crippen molar-refractivity contribution in [3.05, 3.63) is 69.8 Å². The monoisotopic (exact) mass is 445 g/mol. The molecule has 0 aliphatic carbocycles. The van der Waals surface area contributed by atoms with Crippen LogP contribution in [0.3, 0.4) is 0 Å². The summed E-state index contributed by atoms with van der Waals surface area (Å²) < 4.78 is 7.24. The van der Waals surface area contributed by atoms with Gasteiger partial charge in [0.15, 0.2) is 4.96 Å². The molecule has 4 rings (SSSR count). The van der Waals surface area contributed by atoms with E-state index in [4.69, 9.17) is 27.9 Å². The number of nitrogens with one attached hydrogen (secondary N) is 1. The molecule has 0 fully saturated rings. The highest BCUT2D eigenvalue weighted by Gasteiger charge is 2.12. The summed E-state index contributed by atoms with van der Waals surface area (Å²) in [6, 6.07) is 12.8. The first-order valence-electron chi connectivity index (χ1n) is 8.88. The van der Waals surface area contributed by atoms with E-state index in [0.717, 1.165) is 27.7 Å². The van der Waals surface area contributed by atoms with Gasteiger partial charge in [-0.3, -0.25) is 9.20 Å². The lowest BCUT2D eigenvalue weighted by Crippen LogP contribution is -2.12. The second-order valence-corrected chi connectivity index (χ2v) is 8.06. The predicted octanol–water partition coefficient (Wildman–Crippen LogP) is 5.95. The smallest absolute Gasteiger partial charge is 0.224 e. The van der Waals surface area contributed by atoms with E-state index in [0.29, 0.717) is 28.6 Å². The van der Waals surface area contributed by atoms with E-state index in [2.05, 4.69) is 10.3 Å². The Morgan fingerprint density at radius 3 is 2.69 bits per heavy atom. The van der Waals surface area contributed by atoms with Crippen molar-refractivity contribution in [3.8, 4) is 17.0 Å². The van der Waals surface area contributed by atoms with Crippen LogP contribution in [0.25, 0.3) is 16.2 Å². The summed E-state index contributed by atoms with van der Waals surface area (Å²) in [4.78, 5) is 17.9. The number of anilines is 1. The van der Waals surface area contributed by atoms with E-state index in [1.807, 2.05) is 40.2 Å². The molecular weight excluding hydrogens is 429 g/mol. The molecule has 2 aromatic carbocycles. The van der Waals surface area contributed by atoms with Crippen molar-refractivity contribution in [1.29, 1.82) is 0 Å².